The van der Waals surface area contributed by atoms with Crippen LogP contribution in [0.1, 0.15) is 47.1 Å². The topological polar surface area (TPSA) is 106 Å². The predicted molar refractivity (Wildman–Crippen MR) is 90.5 cm³/mol. The van der Waals surface area contributed by atoms with E-state index in [-0.39, 0.29) is 11.3 Å². The van der Waals surface area contributed by atoms with Gasteiger partial charge < -0.3 is 15.2 Å². The van der Waals surface area contributed by atoms with Crippen LogP contribution in [0.5, 0.6) is 0 Å². The van der Waals surface area contributed by atoms with Gasteiger partial charge in [-0.3, -0.25) is 0 Å². The molecule has 7 heteroatoms. The minimum Gasteiger partial charge on any atom is -0.443 e. The summed E-state index contributed by atoms with van der Waals surface area (Å²) in [5.74, 6) is 0. The van der Waals surface area contributed by atoms with Gasteiger partial charge in [-0.25, -0.2) is 9.59 Å². The van der Waals surface area contributed by atoms with Gasteiger partial charge in [-0.05, 0) is 59.7 Å². The molecule has 0 bridgehead atoms. The van der Waals surface area contributed by atoms with Crippen molar-refractivity contribution in [2.24, 2.45) is 0 Å². The molecule has 0 aromatic heterocycles. The van der Waals surface area contributed by atoms with E-state index in [0.717, 1.165) is 0 Å². The lowest BCUT2D eigenvalue weighted by Crippen LogP contribution is -2.44. The van der Waals surface area contributed by atoms with Crippen molar-refractivity contribution in [3.8, 4) is 6.07 Å². The molecule has 24 heavy (non-hydrogen) atoms. The summed E-state index contributed by atoms with van der Waals surface area (Å²) in [5.41, 5.74) is 4.46. The van der Waals surface area contributed by atoms with Gasteiger partial charge in [0.2, 0.25) is 0 Å². The molecular weight excluding hydrogens is 310 g/mol. The maximum absolute atomic E-state index is 12.5. The van der Waals surface area contributed by atoms with Crippen LogP contribution in [-0.2, 0) is 9.47 Å². The van der Waals surface area contributed by atoms with E-state index in [1.165, 1.54) is 18.2 Å². The second-order valence-corrected chi connectivity index (χ2v) is 7.18. The van der Waals surface area contributed by atoms with Gasteiger partial charge in [-0.1, -0.05) is 0 Å². The summed E-state index contributed by atoms with van der Waals surface area (Å²) in [4.78, 5) is 25.7. The van der Waals surface area contributed by atoms with Gasteiger partial charge in [-0.2, -0.15) is 10.2 Å². The first-order valence-corrected chi connectivity index (χ1v) is 7.40. The summed E-state index contributed by atoms with van der Waals surface area (Å²) in [6, 6.07) is 6.18. The molecule has 0 aliphatic carbocycles. The third-order valence-corrected chi connectivity index (χ3v) is 2.53. The summed E-state index contributed by atoms with van der Waals surface area (Å²) in [6.45, 7) is 10.0. The summed E-state index contributed by atoms with van der Waals surface area (Å²) in [7, 11) is 0. The van der Waals surface area contributed by atoms with E-state index >= 15 is 0 Å². The van der Waals surface area contributed by atoms with Crippen LogP contribution in [0.15, 0.2) is 18.2 Å². The molecule has 0 spiro atoms. The van der Waals surface area contributed by atoms with Gasteiger partial charge in [-0.15, -0.1) is 0 Å². The normalized spacial score (nSPS) is 11.4. The Morgan fingerprint density at radius 3 is 1.88 bits per heavy atom. The van der Waals surface area contributed by atoms with Gasteiger partial charge in [0, 0.05) is 5.69 Å². The first-order chi connectivity index (χ1) is 10.8. The van der Waals surface area contributed by atoms with Gasteiger partial charge in [0.25, 0.3) is 0 Å². The van der Waals surface area contributed by atoms with E-state index in [1.807, 2.05) is 6.07 Å². The van der Waals surface area contributed by atoms with Crippen molar-refractivity contribution >= 4 is 23.6 Å². The minimum atomic E-state index is -0.932. The molecule has 0 unspecified atom stereocenters. The smallest absolute Gasteiger partial charge is 0.424 e. The molecule has 0 aliphatic rings. The number of ether oxygens (including phenoxy) is 2. The van der Waals surface area contributed by atoms with E-state index < -0.39 is 23.4 Å². The zero-order valence-electron chi connectivity index (χ0n) is 14.8. The number of nitrogen functional groups attached to an aromatic ring is 1. The Kier molecular flexibility index (Phi) is 5.46. The Morgan fingerprint density at radius 1 is 1.04 bits per heavy atom. The fraction of sp³-hybridized carbons (Fsp3) is 0.471. The molecule has 2 amide bonds. The van der Waals surface area contributed by atoms with Crippen molar-refractivity contribution in [3.63, 3.8) is 0 Å². The molecule has 130 valence electrons. The van der Waals surface area contributed by atoms with Gasteiger partial charge >= 0.3 is 12.2 Å². The highest BCUT2D eigenvalue weighted by Crippen LogP contribution is 2.26. The van der Waals surface area contributed by atoms with Crippen molar-refractivity contribution < 1.29 is 19.1 Å². The summed E-state index contributed by atoms with van der Waals surface area (Å²) < 4.78 is 10.5. The number of rotatable bonds is 1. The number of carbonyl (C=O) groups excluding carboxylic acids is 2. The standard InChI is InChI=1S/C17H23N3O4/c1-16(2,3)23-14(21)20(15(22)24-17(4,5)6)13-8-7-12(19)9-11(13)10-18/h7-9H,19H2,1-6H3. The monoisotopic (exact) mass is 333 g/mol. The lowest BCUT2D eigenvalue weighted by Gasteiger charge is -2.29. The molecule has 0 heterocycles. The Labute approximate surface area is 141 Å². The fourth-order valence-corrected chi connectivity index (χ4v) is 1.72. The maximum atomic E-state index is 12.5. The number of amides is 2. The number of carbonyl (C=O) groups is 2. The van der Waals surface area contributed by atoms with Crippen LogP contribution in [0.25, 0.3) is 0 Å². The van der Waals surface area contributed by atoms with Gasteiger partial charge in [0.05, 0.1) is 11.3 Å². The van der Waals surface area contributed by atoms with Crippen molar-refractivity contribution in [1.29, 1.82) is 5.26 Å². The Bertz CT molecular complexity index is 651. The van der Waals surface area contributed by atoms with Crippen molar-refractivity contribution in [3.05, 3.63) is 23.8 Å². The van der Waals surface area contributed by atoms with Crippen LogP contribution in [0.3, 0.4) is 0 Å². The number of benzene rings is 1. The second-order valence-electron chi connectivity index (χ2n) is 7.18. The van der Waals surface area contributed by atoms with Crippen molar-refractivity contribution in [1.82, 2.24) is 0 Å². The molecule has 0 atom stereocenters. The molecule has 7 nitrogen and oxygen atoms in total. The third kappa shape index (κ3) is 5.47. The van der Waals surface area contributed by atoms with E-state index in [2.05, 4.69) is 0 Å². The van der Waals surface area contributed by atoms with Crippen LogP contribution in [0.4, 0.5) is 21.0 Å². The first kappa shape index (κ1) is 19.3. The van der Waals surface area contributed by atoms with Crippen LogP contribution in [0.2, 0.25) is 0 Å². The molecule has 0 saturated heterocycles. The van der Waals surface area contributed by atoms with E-state index in [9.17, 15) is 14.9 Å². The van der Waals surface area contributed by atoms with E-state index in [1.54, 1.807) is 41.5 Å². The molecule has 0 saturated carbocycles. The number of imide groups is 1. The predicted octanol–water partition coefficient (Wildman–Crippen LogP) is 3.82. The lowest BCUT2D eigenvalue weighted by atomic mass is 10.1. The zero-order valence-corrected chi connectivity index (χ0v) is 14.8. The summed E-state index contributed by atoms with van der Waals surface area (Å²) in [6.07, 6.45) is -1.86. The van der Waals surface area contributed by atoms with Gasteiger partial charge in [0.1, 0.15) is 17.3 Å². The maximum Gasteiger partial charge on any atom is 0.424 e. The average Bonchev–Trinajstić information content (AvgIpc) is 2.36. The molecule has 1 rings (SSSR count). The number of hydrogen-bond donors (Lipinski definition) is 1. The molecule has 0 radical (unpaired) electrons. The van der Waals surface area contributed by atoms with Crippen molar-refractivity contribution in [2.75, 3.05) is 10.6 Å². The quantitative estimate of drug-likeness (QED) is 0.783. The highest BCUT2D eigenvalue weighted by molar-refractivity contribution is 6.10. The van der Waals surface area contributed by atoms with E-state index in [0.29, 0.717) is 10.6 Å². The number of nitrogens with two attached hydrogens (primary N) is 1. The molecule has 0 aliphatic heterocycles. The molecule has 1 aromatic rings. The molecule has 0 fully saturated rings. The van der Waals surface area contributed by atoms with Crippen LogP contribution in [-0.4, -0.2) is 23.4 Å². The number of hydrogen-bond acceptors (Lipinski definition) is 6. The third-order valence-electron chi connectivity index (χ3n) is 2.53. The Morgan fingerprint density at radius 2 is 1.50 bits per heavy atom. The highest BCUT2D eigenvalue weighted by Gasteiger charge is 2.34. The largest absolute Gasteiger partial charge is 0.443 e. The summed E-state index contributed by atoms with van der Waals surface area (Å²) >= 11 is 0. The van der Waals surface area contributed by atoms with Gasteiger partial charge in [0.15, 0.2) is 0 Å². The number of anilines is 2. The average molecular weight is 333 g/mol. The zero-order chi connectivity index (χ0) is 18.7. The summed E-state index contributed by atoms with van der Waals surface area (Å²) in [5, 5.41) is 9.28. The minimum absolute atomic E-state index is 0.0511. The van der Waals surface area contributed by atoms with Crippen LogP contribution >= 0.6 is 0 Å². The SMILES string of the molecule is CC(C)(C)OC(=O)N(C(=O)OC(C)(C)C)c1ccc(N)cc1C#N. The first-order valence-electron chi connectivity index (χ1n) is 7.40. The van der Waals surface area contributed by atoms with Crippen molar-refractivity contribution in [2.45, 2.75) is 52.7 Å². The Balaban J connectivity index is 3.36. The second kappa shape index (κ2) is 6.79. The number of nitrogens with zero attached hydrogens (tertiary/aromatic N) is 2. The van der Waals surface area contributed by atoms with E-state index in [4.69, 9.17) is 15.2 Å². The number of nitriles is 1. The fourth-order valence-electron chi connectivity index (χ4n) is 1.72. The van der Waals surface area contributed by atoms with Crippen LogP contribution in [0, 0.1) is 11.3 Å². The molecular formula is C17H23N3O4. The lowest BCUT2D eigenvalue weighted by molar-refractivity contribution is 0.0430. The molecule has 1 aromatic carbocycles. The Hall–Kier alpha value is -2.75. The molecule has 2 N–H and O–H groups in total. The highest BCUT2D eigenvalue weighted by atomic mass is 16.6. The van der Waals surface area contributed by atoms with Crippen LogP contribution < -0.4 is 10.6 Å².